The van der Waals surface area contributed by atoms with Crippen LogP contribution in [0.5, 0.6) is 6.01 Å². The molecule has 0 amide bonds. The third kappa shape index (κ3) is 3.23. The van der Waals surface area contributed by atoms with Gasteiger partial charge in [0.2, 0.25) is 5.69 Å². The number of hydrogen-bond donors (Lipinski definition) is 0. The second-order valence-corrected chi connectivity index (χ2v) is 5.23. The van der Waals surface area contributed by atoms with Crippen molar-refractivity contribution in [2.24, 2.45) is 0 Å². The second kappa shape index (κ2) is 6.39. The molecule has 0 atom stereocenters. The molecule has 0 unspecified atom stereocenters. The molecule has 0 aliphatic rings. The fraction of sp³-hybridized carbons (Fsp3) is 0.118. The summed E-state index contributed by atoms with van der Waals surface area (Å²) in [6.07, 6.45) is -5.00. The van der Waals surface area contributed by atoms with Crippen LogP contribution < -0.4 is 10.7 Å². The number of aromatic nitrogens is 3. The van der Waals surface area contributed by atoms with Crippen molar-refractivity contribution in [3.63, 3.8) is 0 Å². The van der Waals surface area contributed by atoms with Crippen LogP contribution in [-0.2, 0) is 6.18 Å². The van der Waals surface area contributed by atoms with Gasteiger partial charge in [-0.15, -0.1) is 10.2 Å². The largest absolute Gasteiger partial charge is 0.844 e. The average molecular weight is 346 g/mol. The lowest BCUT2D eigenvalue weighted by molar-refractivity contribution is -0.288. The van der Waals surface area contributed by atoms with E-state index in [0.717, 1.165) is 0 Å². The van der Waals surface area contributed by atoms with E-state index >= 15 is 0 Å². The van der Waals surface area contributed by atoms with Crippen LogP contribution in [-0.4, -0.2) is 14.8 Å². The van der Waals surface area contributed by atoms with Gasteiger partial charge in [0.25, 0.3) is 5.56 Å². The van der Waals surface area contributed by atoms with E-state index in [4.69, 9.17) is 0 Å². The summed E-state index contributed by atoms with van der Waals surface area (Å²) in [5.74, 6) is 0. The highest BCUT2D eigenvalue weighted by Crippen LogP contribution is 2.29. The van der Waals surface area contributed by atoms with Gasteiger partial charge in [-0.3, -0.25) is 9.36 Å². The molecule has 0 fully saturated rings. The SMILES string of the molecule is O=c1c(C(F)(F)F)nnc([O-])n1C(c1ccccc1)c1ccccc1. The summed E-state index contributed by atoms with van der Waals surface area (Å²) in [7, 11) is 0. The summed E-state index contributed by atoms with van der Waals surface area (Å²) < 4.78 is 39.5. The molecule has 0 saturated heterocycles. The molecular weight excluding hydrogens is 335 g/mol. The number of alkyl halides is 3. The van der Waals surface area contributed by atoms with Gasteiger partial charge in [0.05, 0.1) is 12.1 Å². The molecule has 0 bridgehead atoms. The molecule has 1 aromatic heterocycles. The first-order valence-electron chi connectivity index (χ1n) is 7.23. The van der Waals surface area contributed by atoms with E-state index in [2.05, 4.69) is 10.2 Å². The summed E-state index contributed by atoms with van der Waals surface area (Å²) >= 11 is 0. The molecule has 128 valence electrons. The molecule has 0 aliphatic heterocycles. The molecule has 2 aromatic carbocycles. The Bertz CT molecular complexity index is 886. The fourth-order valence-corrected chi connectivity index (χ4v) is 2.55. The maximum absolute atomic E-state index is 13.0. The van der Waals surface area contributed by atoms with Gasteiger partial charge in [0.1, 0.15) is 0 Å². The Hall–Kier alpha value is -3.16. The summed E-state index contributed by atoms with van der Waals surface area (Å²) in [6, 6.07) is 14.4. The molecule has 0 aliphatic carbocycles. The molecule has 3 rings (SSSR count). The van der Waals surface area contributed by atoms with Crippen LogP contribution >= 0.6 is 0 Å². The van der Waals surface area contributed by atoms with E-state index in [1.807, 2.05) is 0 Å². The molecule has 25 heavy (non-hydrogen) atoms. The van der Waals surface area contributed by atoms with Gasteiger partial charge >= 0.3 is 6.18 Å². The van der Waals surface area contributed by atoms with Gasteiger partial charge in [-0.05, 0) is 11.1 Å². The predicted octanol–water partition coefficient (Wildman–Crippen LogP) is 2.37. The summed E-state index contributed by atoms with van der Waals surface area (Å²) in [4.78, 5) is 12.4. The lowest BCUT2D eigenvalue weighted by Crippen LogP contribution is -2.36. The number of hydrogen-bond acceptors (Lipinski definition) is 4. The number of halogens is 3. The summed E-state index contributed by atoms with van der Waals surface area (Å²) in [6.45, 7) is 0. The summed E-state index contributed by atoms with van der Waals surface area (Å²) in [5, 5.41) is 17.9. The zero-order valence-corrected chi connectivity index (χ0v) is 12.6. The zero-order chi connectivity index (χ0) is 18.0. The number of benzene rings is 2. The van der Waals surface area contributed by atoms with Crippen molar-refractivity contribution in [1.82, 2.24) is 14.8 Å². The Labute approximate surface area is 140 Å². The van der Waals surface area contributed by atoms with Crippen molar-refractivity contribution in [3.05, 3.63) is 87.8 Å². The van der Waals surface area contributed by atoms with Crippen molar-refractivity contribution in [1.29, 1.82) is 0 Å². The van der Waals surface area contributed by atoms with Gasteiger partial charge in [-0.25, -0.2) is 0 Å². The van der Waals surface area contributed by atoms with Crippen molar-refractivity contribution in [2.45, 2.75) is 12.2 Å². The Kier molecular flexibility index (Phi) is 4.26. The third-order valence-electron chi connectivity index (χ3n) is 3.62. The Morgan fingerprint density at radius 2 is 1.36 bits per heavy atom. The Balaban J connectivity index is 2.30. The van der Waals surface area contributed by atoms with Crippen molar-refractivity contribution >= 4 is 0 Å². The minimum absolute atomic E-state index is 0.481. The molecule has 0 saturated carbocycles. The van der Waals surface area contributed by atoms with Gasteiger partial charge in [-0.1, -0.05) is 60.7 Å². The first-order valence-corrected chi connectivity index (χ1v) is 7.23. The first kappa shape index (κ1) is 16.7. The van der Waals surface area contributed by atoms with Crippen LogP contribution in [0.4, 0.5) is 13.2 Å². The van der Waals surface area contributed by atoms with Crippen LogP contribution in [0.25, 0.3) is 0 Å². The van der Waals surface area contributed by atoms with E-state index in [0.29, 0.717) is 15.7 Å². The van der Waals surface area contributed by atoms with Crippen LogP contribution in [0.3, 0.4) is 0 Å². The average Bonchev–Trinajstić information content (AvgIpc) is 2.59. The topological polar surface area (TPSA) is 70.8 Å². The van der Waals surface area contributed by atoms with Gasteiger partial charge in [0, 0.05) is 0 Å². The van der Waals surface area contributed by atoms with Gasteiger partial charge < -0.3 is 5.11 Å². The molecule has 0 N–H and O–H groups in total. The molecule has 1 heterocycles. The molecule has 0 radical (unpaired) electrons. The fourth-order valence-electron chi connectivity index (χ4n) is 2.55. The van der Waals surface area contributed by atoms with Crippen LogP contribution in [0.1, 0.15) is 22.9 Å². The van der Waals surface area contributed by atoms with Crippen LogP contribution in [0, 0.1) is 0 Å². The van der Waals surface area contributed by atoms with E-state index in [1.54, 1.807) is 60.7 Å². The quantitative estimate of drug-likeness (QED) is 0.730. The van der Waals surface area contributed by atoms with Crippen LogP contribution in [0.15, 0.2) is 65.5 Å². The van der Waals surface area contributed by atoms with Crippen molar-refractivity contribution in [3.8, 4) is 6.01 Å². The maximum Gasteiger partial charge on any atom is 0.440 e. The second-order valence-electron chi connectivity index (χ2n) is 5.23. The Morgan fingerprint density at radius 3 is 1.80 bits per heavy atom. The van der Waals surface area contributed by atoms with Crippen molar-refractivity contribution in [2.75, 3.05) is 0 Å². The standard InChI is InChI=1S/C17H12F3N3O2/c18-17(19,20)14-15(24)23(16(25)22-21-14)13(11-7-3-1-4-8-11)12-9-5-2-6-10-12/h1-10,13H,(H,22,25)/p-1. The lowest BCUT2D eigenvalue weighted by Gasteiger charge is -2.25. The molecule has 8 heteroatoms. The molecular formula is C17H11F3N3O2-. The van der Waals surface area contributed by atoms with Crippen molar-refractivity contribution < 1.29 is 18.3 Å². The normalized spacial score (nSPS) is 11.7. The number of rotatable bonds is 3. The molecule has 3 aromatic rings. The van der Waals surface area contributed by atoms with Crippen LogP contribution in [0.2, 0.25) is 0 Å². The highest BCUT2D eigenvalue weighted by atomic mass is 19.4. The zero-order valence-electron chi connectivity index (χ0n) is 12.6. The smallest absolute Gasteiger partial charge is 0.440 e. The third-order valence-corrected chi connectivity index (χ3v) is 3.62. The molecule has 5 nitrogen and oxygen atoms in total. The maximum atomic E-state index is 13.0. The highest BCUT2D eigenvalue weighted by molar-refractivity contribution is 5.33. The Morgan fingerprint density at radius 1 is 0.880 bits per heavy atom. The number of nitrogens with zero attached hydrogens (tertiary/aromatic N) is 3. The first-order chi connectivity index (χ1) is 11.9. The van der Waals surface area contributed by atoms with Gasteiger partial charge in [0.15, 0.2) is 0 Å². The predicted molar refractivity (Wildman–Crippen MR) is 80.9 cm³/mol. The monoisotopic (exact) mass is 346 g/mol. The molecule has 0 spiro atoms. The summed E-state index contributed by atoms with van der Waals surface area (Å²) in [5.41, 5.74) is -2.28. The van der Waals surface area contributed by atoms with E-state index in [-0.39, 0.29) is 0 Å². The minimum Gasteiger partial charge on any atom is -0.844 e. The van der Waals surface area contributed by atoms with Gasteiger partial charge in [-0.2, -0.15) is 13.2 Å². The van der Waals surface area contributed by atoms with E-state index in [1.165, 1.54) is 0 Å². The highest BCUT2D eigenvalue weighted by Gasteiger charge is 2.38. The minimum atomic E-state index is -5.00. The van der Waals surface area contributed by atoms with E-state index < -0.39 is 29.5 Å². The lowest BCUT2D eigenvalue weighted by atomic mass is 9.98. The van der Waals surface area contributed by atoms with E-state index in [9.17, 15) is 23.1 Å².